The third-order valence-electron chi connectivity index (χ3n) is 3.85. The van der Waals surface area contributed by atoms with Crippen LogP contribution in [0, 0.1) is 5.92 Å². The first kappa shape index (κ1) is 13.3. The second-order valence-electron chi connectivity index (χ2n) is 5.05. The van der Waals surface area contributed by atoms with E-state index >= 15 is 0 Å². The van der Waals surface area contributed by atoms with E-state index in [-0.39, 0.29) is 12.4 Å². The highest BCUT2D eigenvalue weighted by Gasteiger charge is 2.24. The predicted molar refractivity (Wildman–Crippen MR) is 78.0 cm³/mol. The lowest BCUT2D eigenvalue weighted by Gasteiger charge is -2.14. The van der Waals surface area contributed by atoms with Crippen LogP contribution < -0.4 is 5.73 Å². The molecule has 0 spiro atoms. The van der Waals surface area contributed by atoms with Crippen LogP contribution in [0.2, 0.25) is 0 Å². The van der Waals surface area contributed by atoms with E-state index in [4.69, 9.17) is 10.7 Å². The Labute approximate surface area is 114 Å². The van der Waals surface area contributed by atoms with Gasteiger partial charge in [-0.25, -0.2) is 0 Å². The lowest BCUT2D eigenvalue weighted by atomic mass is 9.97. The topological polar surface area (TPSA) is 38.9 Å². The maximum absolute atomic E-state index is 6.11. The molecule has 2 unspecified atom stereocenters. The van der Waals surface area contributed by atoms with Crippen molar-refractivity contribution in [2.24, 2.45) is 11.7 Å². The molecule has 1 aliphatic rings. The smallest absolute Gasteiger partial charge is 0.0705 e. The largest absolute Gasteiger partial charge is 0.327 e. The predicted octanol–water partition coefficient (Wildman–Crippen LogP) is 3.33. The monoisotopic (exact) mass is 262 g/mol. The fourth-order valence-electron chi connectivity index (χ4n) is 2.81. The number of benzene rings is 1. The molecule has 1 aromatic heterocycles. The third-order valence-corrected chi connectivity index (χ3v) is 3.85. The second-order valence-corrected chi connectivity index (χ2v) is 5.05. The molecular weight excluding hydrogens is 244 g/mol. The van der Waals surface area contributed by atoms with Crippen molar-refractivity contribution in [2.75, 3.05) is 0 Å². The Kier molecular flexibility index (Phi) is 4.20. The maximum atomic E-state index is 6.11. The van der Waals surface area contributed by atoms with Crippen LogP contribution in [0.15, 0.2) is 36.4 Å². The van der Waals surface area contributed by atoms with Crippen molar-refractivity contribution in [3.8, 4) is 0 Å². The van der Waals surface area contributed by atoms with Gasteiger partial charge in [-0.3, -0.25) is 4.98 Å². The Morgan fingerprint density at radius 1 is 1.11 bits per heavy atom. The summed E-state index contributed by atoms with van der Waals surface area (Å²) in [5, 5.41) is 1.21. The number of para-hydroxylation sites is 1. The Morgan fingerprint density at radius 3 is 2.72 bits per heavy atom. The van der Waals surface area contributed by atoms with E-state index in [1.807, 2.05) is 6.07 Å². The van der Waals surface area contributed by atoms with Crippen molar-refractivity contribution in [3.63, 3.8) is 0 Å². The summed E-state index contributed by atoms with van der Waals surface area (Å²) in [6, 6.07) is 13.0. The Bertz CT molecular complexity index is 527. The molecule has 18 heavy (non-hydrogen) atoms. The van der Waals surface area contributed by atoms with Gasteiger partial charge >= 0.3 is 0 Å². The number of halogens is 1. The molecule has 0 amide bonds. The molecule has 2 N–H and O–H groups in total. The van der Waals surface area contributed by atoms with Gasteiger partial charge < -0.3 is 5.73 Å². The van der Waals surface area contributed by atoms with Gasteiger partial charge in [0.1, 0.15) is 0 Å². The Morgan fingerprint density at radius 2 is 1.94 bits per heavy atom. The second kappa shape index (κ2) is 5.68. The summed E-state index contributed by atoms with van der Waals surface area (Å²) in [4.78, 5) is 4.72. The number of hydrogen-bond donors (Lipinski definition) is 1. The van der Waals surface area contributed by atoms with Crippen LogP contribution in [0.4, 0.5) is 0 Å². The minimum Gasteiger partial charge on any atom is -0.327 e. The summed E-state index contributed by atoms with van der Waals surface area (Å²) in [7, 11) is 0. The number of hydrogen-bond acceptors (Lipinski definition) is 2. The molecular formula is C15H19ClN2. The molecule has 96 valence electrons. The van der Waals surface area contributed by atoms with Crippen LogP contribution in [0.5, 0.6) is 0 Å². The summed E-state index contributed by atoms with van der Waals surface area (Å²) in [6.07, 6.45) is 4.75. The highest BCUT2D eigenvalue weighted by Crippen LogP contribution is 2.27. The fraction of sp³-hybridized carbons (Fsp3) is 0.400. The summed E-state index contributed by atoms with van der Waals surface area (Å²) in [5.74, 6) is 0.628. The standard InChI is InChI=1S/C15H18N2.ClH/c16-14-6-3-5-12(14)10-13-9-8-11-4-1-2-7-15(11)17-13;/h1-2,4,7-9,12,14H,3,5-6,10,16H2;1H. The zero-order valence-electron chi connectivity index (χ0n) is 10.4. The minimum atomic E-state index is 0. The van der Waals surface area contributed by atoms with E-state index in [1.54, 1.807) is 0 Å². The van der Waals surface area contributed by atoms with Gasteiger partial charge in [0.15, 0.2) is 0 Å². The fourth-order valence-corrected chi connectivity index (χ4v) is 2.81. The first-order chi connectivity index (χ1) is 8.33. The summed E-state index contributed by atoms with van der Waals surface area (Å²) >= 11 is 0. The van der Waals surface area contributed by atoms with Gasteiger partial charge in [-0.15, -0.1) is 12.4 Å². The normalized spacial score (nSPS) is 22.9. The molecule has 1 aliphatic carbocycles. The highest BCUT2D eigenvalue weighted by molar-refractivity contribution is 5.85. The highest BCUT2D eigenvalue weighted by atomic mass is 35.5. The number of fused-ring (bicyclic) bond motifs is 1. The van der Waals surface area contributed by atoms with Crippen molar-refractivity contribution >= 4 is 23.3 Å². The van der Waals surface area contributed by atoms with Crippen LogP contribution in [-0.4, -0.2) is 11.0 Å². The van der Waals surface area contributed by atoms with Crippen molar-refractivity contribution < 1.29 is 0 Å². The van der Waals surface area contributed by atoms with Gasteiger partial charge in [0.25, 0.3) is 0 Å². The van der Waals surface area contributed by atoms with E-state index in [0.29, 0.717) is 12.0 Å². The minimum absolute atomic E-state index is 0. The van der Waals surface area contributed by atoms with Crippen molar-refractivity contribution in [3.05, 3.63) is 42.1 Å². The van der Waals surface area contributed by atoms with E-state index in [9.17, 15) is 0 Å². The first-order valence-corrected chi connectivity index (χ1v) is 6.43. The molecule has 0 aliphatic heterocycles. The van der Waals surface area contributed by atoms with Crippen LogP contribution in [0.3, 0.4) is 0 Å². The molecule has 3 heteroatoms. The SMILES string of the molecule is Cl.NC1CCCC1Cc1ccc2ccccc2n1. The van der Waals surface area contributed by atoms with Gasteiger partial charge in [0, 0.05) is 17.1 Å². The lowest BCUT2D eigenvalue weighted by molar-refractivity contribution is 0.474. The molecule has 1 saturated carbocycles. The maximum Gasteiger partial charge on any atom is 0.0705 e. The number of pyridine rings is 1. The summed E-state index contributed by atoms with van der Waals surface area (Å²) in [6.45, 7) is 0. The van der Waals surface area contributed by atoms with Crippen LogP contribution in [-0.2, 0) is 6.42 Å². The third kappa shape index (κ3) is 2.65. The average molecular weight is 263 g/mol. The van der Waals surface area contributed by atoms with Crippen molar-refractivity contribution in [2.45, 2.75) is 31.7 Å². The zero-order valence-corrected chi connectivity index (χ0v) is 11.2. The van der Waals surface area contributed by atoms with Gasteiger partial charge in [0.2, 0.25) is 0 Å². The number of nitrogens with zero attached hydrogens (tertiary/aromatic N) is 1. The average Bonchev–Trinajstić information content (AvgIpc) is 2.75. The molecule has 2 aromatic rings. The number of nitrogens with two attached hydrogens (primary N) is 1. The molecule has 1 heterocycles. The molecule has 0 radical (unpaired) electrons. The van der Waals surface area contributed by atoms with Crippen molar-refractivity contribution in [1.82, 2.24) is 4.98 Å². The van der Waals surface area contributed by atoms with E-state index < -0.39 is 0 Å². The molecule has 1 aromatic carbocycles. The van der Waals surface area contributed by atoms with Gasteiger partial charge in [-0.2, -0.15) is 0 Å². The lowest BCUT2D eigenvalue weighted by Crippen LogP contribution is -2.26. The van der Waals surface area contributed by atoms with E-state index in [0.717, 1.165) is 11.9 Å². The Balaban J connectivity index is 0.00000120. The molecule has 2 nitrogen and oxygen atoms in total. The van der Waals surface area contributed by atoms with Gasteiger partial charge in [-0.05, 0) is 37.3 Å². The molecule has 0 bridgehead atoms. The first-order valence-electron chi connectivity index (χ1n) is 6.43. The quantitative estimate of drug-likeness (QED) is 0.902. The molecule has 2 atom stereocenters. The molecule has 0 saturated heterocycles. The zero-order chi connectivity index (χ0) is 11.7. The number of rotatable bonds is 2. The van der Waals surface area contributed by atoms with Crippen molar-refractivity contribution in [1.29, 1.82) is 0 Å². The summed E-state index contributed by atoms with van der Waals surface area (Å²) < 4.78 is 0. The van der Waals surface area contributed by atoms with Crippen LogP contribution in [0.1, 0.15) is 25.0 Å². The number of aromatic nitrogens is 1. The van der Waals surface area contributed by atoms with Crippen LogP contribution in [0.25, 0.3) is 10.9 Å². The van der Waals surface area contributed by atoms with E-state index in [1.165, 1.54) is 30.3 Å². The molecule has 1 fully saturated rings. The van der Waals surface area contributed by atoms with Gasteiger partial charge in [-0.1, -0.05) is 30.7 Å². The van der Waals surface area contributed by atoms with Gasteiger partial charge in [0.05, 0.1) is 5.52 Å². The Hall–Kier alpha value is -1.12. The van der Waals surface area contributed by atoms with Crippen LogP contribution >= 0.6 is 12.4 Å². The molecule has 3 rings (SSSR count). The van der Waals surface area contributed by atoms with E-state index in [2.05, 4.69) is 30.3 Å². The summed E-state index contributed by atoms with van der Waals surface area (Å²) in [5.41, 5.74) is 8.39.